The van der Waals surface area contributed by atoms with Crippen LogP contribution in [0.15, 0.2) is 77.7 Å². The van der Waals surface area contributed by atoms with Gasteiger partial charge in [0.15, 0.2) is 0 Å². The lowest BCUT2D eigenvalue weighted by Gasteiger charge is -2.25. The highest BCUT2D eigenvalue weighted by molar-refractivity contribution is 7.92. The summed E-state index contributed by atoms with van der Waals surface area (Å²) in [6.45, 7) is -0.0208. The molecule has 0 heterocycles. The standard InChI is InChI=1S/C21H20FNO4S/c1-26-19-10-6-11-20(14-19)28(24,25)23(18-9-5-8-17(22)13-18)15-16-7-3-4-12-21(16)27-2/h3-14H,15H2,1-2H3. The van der Waals surface area contributed by atoms with Gasteiger partial charge in [0.05, 0.1) is 31.3 Å². The number of benzene rings is 3. The largest absolute Gasteiger partial charge is 0.497 e. The number of para-hydroxylation sites is 1. The lowest BCUT2D eigenvalue weighted by molar-refractivity contribution is 0.409. The van der Waals surface area contributed by atoms with Crippen molar-refractivity contribution in [2.24, 2.45) is 0 Å². The summed E-state index contributed by atoms with van der Waals surface area (Å²) in [5, 5.41) is 0. The zero-order chi connectivity index (χ0) is 20.1. The Morgan fingerprint density at radius 1 is 0.893 bits per heavy atom. The molecule has 0 radical (unpaired) electrons. The third kappa shape index (κ3) is 4.09. The predicted molar refractivity (Wildman–Crippen MR) is 106 cm³/mol. The molecule has 0 amide bonds. The predicted octanol–water partition coefficient (Wildman–Crippen LogP) is 4.24. The molecule has 0 aromatic heterocycles. The van der Waals surface area contributed by atoms with Gasteiger partial charge in [0.25, 0.3) is 10.0 Å². The van der Waals surface area contributed by atoms with Gasteiger partial charge in [-0.15, -0.1) is 0 Å². The van der Waals surface area contributed by atoms with Gasteiger partial charge in [-0.1, -0.05) is 30.3 Å². The first kappa shape index (κ1) is 19.7. The molecule has 0 atom stereocenters. The number of anilines is 1. The second-order valence-corrected chi connectivity index (χ2v) is 7.84. The summed E-state index contributed by atoms with van der Waals surface area (Å²) in [4.78, 5) is 0.0472. The molecule has 0 fully saturated rings. The number of methoxy groups -OCH3 is 2. The van der Waals surface area contributed by atoms with E-state index in [2.05, 4.69) is 0 Å². The molecule has 0 aliphatic carbocycles. The zero-order valence-corrected chi connectivity index (χ0v) is 16.3. The molecule has 5 nitrogen and oxygen atoms in total. The van der Waals surface area contributed by atoms with Crippen LogP contribution >= 0.6 is 0 Å². The van der Waals surface area contributed by atoms with Crippen LogP contribution in [-0.4, -0.2) is 22.6 Å². The van der Waals surface area contributed by atoms with Crippen LogP contribution in [0.5, 0.6) is 11.5 Å². The molecule has 28 heavy (non-hydrogen) atoms. The molecule has 0 saturated carbocycles. The van der Waals surface area contributed by atoms with Crippen molar-refractivity contribution < 1.29 is 22.3 Å². The van der Waals surface area contributed by atoms with Gasteiger partial charge in [-0.2, -0.15) is 0 Å². The molecule has 3 aromatic carbocycles. The number of ether oxygens (including phenoxy) is 2. The van der Waals surface area contributed by atoms with Crippen LogP contribution in [0, 0.1) is 5.82 Å². The van der Waals surface area contributed by atoms with Crippen molar-refractivity contribution in [2.45, 2.75) is 11.4 Å². The Bertz CT molecular complexity index is 1070. The molecule has 0 spiro atoms. The van der Waals surface area contributed by atoms with Crippen LogP contribution in [0.2, 0.25) is 0 Å². The van der Waals surface area contributed by atoms with Crippen LogP contribution in [-0.2, 0) is 16.6 Å². The first-order valence-corrected chi connectivity index (χ1v) is 9.94. The van der Waals surface area contributed by atoms with Crippen molar-refractivity contribution in [3.8, 4) is 11.5 Å². The number of halogens is 1. The fourth-order valence-electron chi connectivity index (χ4n) is 2.82. The summed E-state index contributed by atoms with van der Waals surface area (Å²) >= 11 is 0. The number of hydrogen-bond acceptors (Lipinski definition) is 4. The van der Waals surface area contributed by atoms with Crippen LogP contribution in [0.3, 0.4) is 0 Å². The van der Waals surface area contributed by atoms with Crippen molar-refractivity contribution in [3.05, 3.63) is 84.2 Å². The average Bonchev–Trinajstić information content (AvgIpc) is 2.72. The highest BCUT2D eigenvalue weighted by Crippen LogP contribution is 2.30. The van der Waals surface area contributed by atoms with E-state index in [1.165, 1.54) is 44.6 Å². The van der Waals surface area contributed by atoms with Gasteiger partial charge in [0, 0.05) is 11.6 Å². The lowest BCUT2D eigenvalue weighted by atomic mass is 10.2. The molecular formula is C21H20FNO4S. The van der Waals surface area contributed by atoms with Gasteiger partial charge in [-0.05, 0) is 36.4 Å². The van der Waals surface area contributed by atoms with Crippen LogP contribution in [0.1, 0.15) is 5.56 Å². The Kier molecular flexibility index (Phi) is 5.84. The Hall–Kier alpha value is -3.06. The SMILES string of the molecule is COc1cccc(S(=O)(=O)N(Cc2ccccc2OC)c2cccc(F)c2)c1. The smallest absolute Gasteiger partial charge is 0.264 e. The average molecular weight is 401 g/mol. The molecule has 0 saturated heterocycles. The first-order valence-electron chi connectivity index (χ1n) is 8.50. The van der Waals surface area contributed by atoms with E-state index in [-0.39, 0.29) is 17.1 Å². The van der Waals surface area contributed by atoms with Gasteiger partial charge < -0.3 is 9.47 Å². The zero-order valence-electron chi connectivity index (χ0n) is 15.5. The van der Waals surface area contributed by atoms with Crippen molar-refractivity contribution >= 4 is 15.7 Å². The maximum atomic E-state index is 13.9. The Balaban J connectivity index is 2.12. The van der Waals surface area contributed by atoms with Gasteiger partial charge >= 0.3 is 0 Å². The van der Waals surface area contributed by atoms with Crippen molar-refractivity contribution in [2.75, 3.05) is 18.5 Å². The summed E-state index contributed by atoms with van der Waals surface area (Å²) in [6.07, 6.45) is 0. The minimum atomic E-state index is -4.00. The van der Waals surface area contributed by atoms with Crippen LogP contribution in [0.4, 0.5) is 10.1 Å². The molecular weight excluding hydrogens is 381 g/mol. The maximum absolute atomic E-state index is 13.9. The van der Waals surface area contributed by atoms with Crippen LogP contribution < -0.4 is 13.8 Å². The second-order valence-electron chi connectivity index (χ2n) is 5.98. The summed E-state index contributed by atoms with van der Waals surface area (Å²) in [7, 11) is -1.02. The first-order chi connectivity index (χ1) is 13.5. The molecule has 7 heteroatoms. The number of sulfonamides is 1. The molecule has 3 aromatic rings. The Labute approximate surface area is 164 Å². The Morgan fingerprint density at radius 2 is 1.64 bits per heavy atom. The number of hydrogen-bond donors (Lipinski definition) is 0. The van der Waals surface area contributed by atoms with Crippen molar-refractivity contribution in [1.29, 1.82) is 0 Å². The summed E-state index contributed by atoms with van der Waals surface area (Å²) in [5.74, 6) is 0.436. The molecule has 0 N–H and O–H groups in total. The van der Waals surface area contributed by atoms with Gasteiger partial charge in [0.2, 0.25) is 0 Å². The minimum absolute atomic E-state index is 0.0208. The van der Waals surface area contributed by atoms with Gasteiger partial charge in [-0.3, -0.25) is 4.31 Å². The van der Waals surface area contributed by atoms with Crippen molar-refractivity contribution in [1.82, 2.24) is 0 Å². The summed E-state index contributed by atoms with van der Waals surface area (Å²) in [6, 6.07) is 18.8. The fourth-order valence-corrected chi connectivity index (χ4v) is 4.29. The normalized spacial score (nSPS) is 11.1. The highest BCUT2D eigenvalue weighted by atomic mass is 32.2. The molecule has 3 rings (SSSR count). The monoisotopic (exact) mass is 401 g/mol. The van der Waals surface area contributed by atoms with E-state index in [4.69, 9.17) is 9.47 Å². The van der Waals surface area contributed by atoms with Gasteiger partial charge in [0.1, 0.15) is 17.3 Å². The van der Waals surface area contributed by atoms with E-state index in [0.717, 1.165) is 4.31 Å². The molecule has 0 aliphatic rings. The van der Waals surface area contributed by atoms with Gasteiger partial charge in [-0.25, -0.2) is 12.8 Å². The van der Waals surface area contributed by atoms with E-state index in [9.17, 15) is 12.8 Å². The summed E-state index contributed by atoms with van der Waals surface area (Å²) < 4.78 is 52.3. The molecule has 0 unspecified atom stereocenters. The van der Waals surface area contributed by atoms with Crippen LogP contribution in [0.25, 0.3) is 0 Å². The molecule has 146 valence electrons. The third-order valence-electron chi connectivity index (χ3n) is 4.23. The highest BCUT2D eigenvalue weighted by Gasteiger charge is 2.27. The number of nitrogens with zero attached hydrogens (tertiary/aromatic N) is 1. The van der Waals surface area contributed by atoms with E-state index in [1.54, 1.807) is 42.5 Å². The van der Waals surface area contributed by atoms with E-state index < -0.39 is 15.8 Å². The van der Waals surface area contributed by atoms with E-state index in [1.807, 2.05) is 0 Å². The van der Waals surface area contributed by atoms with Crippen molar-refractivity contribution in [3.63, 3.8) is 0 Å². The van der Waals surface area contributed by atoms with E-state index in [0.29, 0.717) is 17.1 Å². The quantitative estimate of drug-likeness (QED) is 0.594. The summed E-state index contributed by atoms with van der Waals surface area (Å²) in [5.41, 5.74) is 0.870. The lowest BCUT2D eigenvalue weighted by Crippen LogP contribution is -2.30. The molecule has 0 aliphatic heterocycles. The Morgan fingerprint density at radius 3 is 2.36 bits per heavy atom. The maximum Gasteiger partial charge on any atom is 0.264 e. The molecule has 0 bridgehead atoms. The number of rotatable bonds is 7. The topological polar surface area (TPSA) is 55.8 Å². The minimum Gasteiger partial charge on any atom is -0.497 e. The van der Waals surface area contributed by atoms with E-state index >= 15 is 0 Å². The third-order valence-corrected chi connectivity index (χ3v) is 6.00. The fraction of sp³-hybridized carbons (Fsp3) is 0.143. The second kappa shape index (κ2) is 8.31.